The second kappa shape index (κ2) is 7.66. The van der Waals surface area contributed by atoms with Gasteiger partial charge in [0.05, 0.1) is 0 Å². The van der Waals surface area contributed by atoms with E-state index in [1.54, 1.807) is 62.4 Å². The summed E-state index contributed by atoms with van der Waals surface area (Å²) >= 11 is 12.6. The fourth-order valence-electron chi connectivity index (χ4n) is 4.17. The number of piperidine rings is 1. The number of hydrogen-bond donors (Lipinski definition) is 1. The van der Waals surface area contributed by atoms with Crippen LogP contribution in [-0.4, -0.2) is 21.9 Å². The van der Waals surface area contributed by atoms with Gasteiger partial charge >= 0.3 is 0 Å². The van der Waals surface area contributed by atoms with Gasteiger partial charge < -0.3 is 0 Å². The predicted molar refractivity (Wildman–Crippen MR) is 107 cm³/mol. The van der Waals surface area contributed by atoms with Gasteiger partial charge in [0.25, 0.3) is 0 Å². The molecule has 1 heterocycles. The van der Waals surface area contributed by atoms with E-state index in [4.69, 9.17) is 23.2 Å². The quantitative estimate of drug-likeness (QED) is 0.567. The third-order valence-corrected chi connectivity index (χ3v) is 6.14. The molecule has 0 unspecified atom stereocenters. The summed E-state index contributed by atoms with van der Waals surface area (Å²) in [6.45, 7) is 3.12. The second-order valence-corrected chi connectivity index (χ2v) is 8.26. The van der Waals surface area contributed by atoms with Crippen LogP contribution in [-0.2, 0) is 0 Å². The summed E-state index contributed by atoms with van der Waals surface area (Å²) < 4.78 is 0. The van der Waals surface area contributed by atoms with E-state index in [0.29, 0.717) is 21.2 Å². The Labute approximate surface area is 171 Å². The number of nitrogens with one attached hydrogen (secondary N) is 1. The Morgan fingerprint density at radius 1 is 0.821 bits per heavy atom. The zero-order chi connectivity index (χ0) is 20.6. The molecule has 28 heavy (non-hydrogen) atoms. The predicted octanol–water partition coefficient (Wildman–Crippen LogP) is 4.70. The normalized spacial score (nSPS) is 26.6. The highest BCUT2D eigenvalue weighted by molar-refractivity contribution is 6.31. The van der Waals surface area contributed by atoms with E-state index in [0.717, 1.165) is 0 Å². The zero-order valence-corrected chi connectivity index (χ0v) is 16.7. The minimum Gasteiger partial charge on any atom is -0.291 e. The topological polar surface area (TPSA) is 98.3 Å². The van der Waals surface area contributed by atoms with E-state index in [1.165, 1.54) is 0 Å². The number of rotatable bonds is 4. The van der Waals surface area contributed by atoms with Crippen molar-refractivity contribution in [1.29, 1.82) is 0 Å². The second-order valence-electron chi connectivity index (χ2n) is 7.45. The van der Waals surface area contributed by atoms with E-state index in [2.05, 4.69) is 5.32 Å². The number of hydrogen-bond acceptors (Lipinski definition) is 5. The van der Waals surface area contributed by atoms with Crippen molar-refractivity contribution in [2.24, 2.45) is 5.41 Å². The molecule has 0 spiro atoms. The first-order valence-corrected chi connectivity index (χ1v) is 9.43. The number of benzene rings is 2. The van der Waals surface area contributed by atoms with Gasteiger partial charge in [0.2, 0.25) is 12.1 Å². The fourth-order valence-corrected chi connectivity index (χ4v) is 4.68. The minimum absolute atomic E-state index is 0.361. The van der Waals surface area contributed by atoms with Crippen LogP contribution in [0.3, 0.4) is 0 Å². The van der Waals surface area contributed by atoms with Gasteiger partial charge in [0.1, 0.15) is 17.5 Å². The molecular weight excluding hydrogens is 405 g/mol. The van der Waals surface area contributed by atoms with Crippen LogP contribution in [0.2, 0.25) is 10.0 Å². The van der Waals surface area contributed by atoms with Crippen molar-refractivity contribution in [3.63, 3.8) is 0 Å². The lowest BCUT2D eigenvalue weighted by Crippen LogP contribution is -2.63. The summed E-state index contributed by atoms with van der Waals surface area (Å²) in [5.74, 6) is 0. The lowest BCUT2D eigenvalue weighted by atomic mass is 9.66. The van der Waals surface area contributed by atoms with Crippen molar-refractivity contribution in [2.45, 2.75) is 38.0 Å². The van der Waals surface area contributed by atoms with Gasteiger partial charge in [-0.25, -0.2) is 0 Å². The van der Waals surface area contributed by atoms with Gasteiger partial charge in [-0.3, -0.25) is 25.5 Å². The molecule has 7 nitrogen and oxygen atoms in total. The molecule has 9 heteroatoms. The Kier molecular flexibility index (Phi) is 5.61. The summed E-state index contributed by atoms with van der Waals surface area (Å²) in [5, 5.41) is 27.9. The van der Waals surface area contributed by atoms with Crippen molar-refractivity contribution in [3.05, 3.63) is 89.9 Å². The summed E-state index contributed by atoms with van der Waals surface area (Å²) in [6.07, 6.45) is 0. The van der Waals surface area contributed by atoms with E-state index in [-0.39, 0.29) is 0 Å². The molecule has 0 bridgehead atoms. The monoisotopic (exact) mass is 423 g/mol. The molecule has 0 saturated carbocycles. The van der Waals surface area contributed by atoms with E-state index in [9.17, 15) is 20.2 Å². The molecule has 0 amide bonds. The fraction of sp³-hybridized carbons (Fsp3) is 0.368. The number of nitrogens with zero attached hydrogens (tertiary/aromatic N) is 2. The van der Waals surface area contributed by atoms with E-state index in [1.807, 2.05) is 0 Å². The molecule has 1 N–H and O–H groups in total. The molecule has 2 aromatic rings. The molecule has 4 atom stereocenters. The smallest absolute Gasteiger partial charge is 0.244 e. The van der Waals surface area contributed by atoms with Gasteiger partial charge in [0, 0.05) is 19.9 Å². The van der Waals surface area contributed by atoms with Gasteiger partial charge in [-0.05, 0) is 37.1 Å². The minimum atomic E-state index is -1.29. The highest BCUT2D eigenvalue weighted by atomic mass is 35.5. The standard InChI is InChI=1S/C19H19Cl2N3O4/c1-19(2)17(23(25)26)15(11-7-3-5-9-13(11)20)22-16(18(19)24(27)28)12-8-4-6-10-14(12)21/h3-10,15-18,22H,1-2H3/t15-,16+,17-,18+. The molecule has 0 radical (unpaired) electrons. The molecule has 0 aromatic heterocycles. The van der Waals surface area contributed by atoms with Crippen molar-refractivity contribution >= 4 is 23.2 Å². The Morgan fingerprint density at radius 3 is 1.50 bits per heavy atom. The summed E-state index contributed by atoms with van der Waals surface area (Å²) in [4.78, 5) is 23.1. The molecule has 0 aliphatic carbocycles. The molecule has 1 saturated heterocycles. The molecule has 2 aromatic carbocycles. The molecule has 1 aliphatic rings. The molecule has 3 rings (SSSR count). The summed E-state index contributed by atoms with van der Waals surface area (Å²) in [5.41, 5.74) is -0.234. The van der Waals surface area contributed by atoms with Crippen molar-refractivity contribution in [3.8, 4) is 0 Å². The van der Waals surface area contributed by atoms with Crippen LogP contribution >= 0.6 is 23.2 Å². The van der Waals surface area contributed by atoms with Crippen LogP contribution in [0.25, 0.3) is 0 Å². The van der Waals surface area contributed by atoms with Crippen molar-refractivity contribution < 1.29 is 9.85 Å². The first kappa shape index (κ1) is 20.5. The highest BCUT2D eigenvalue weighted by Crippen LogP contribution is 2.48. The van der Waals surface area contributed by atoms with Gasteiger partial charge in [0.15, 0.2) is 0 Å². The van der Waals surface area contributed by atoms with E-state index >= 15 is 0 Å². The SMILES string of the molecule is CC1(C)[C@@H]([N+](=O)[O-])[C@H](c2ccccc2Cl)N[C@H](c2ccccc2Cl)[C@H]1[N+](=O)[O-]. The highest BCUT2D eigenvalue weighted by Gasteiger charge is 2.63. The lowest BCUT2D eigenvalue weighted by molar-refractivity contribution is -0.605. The van der Waals surface area contributed by atoms with E-state index < -0.39 is 39.4 Å². The van der Waals surface area contributed by atoms with Crippen LogP contribution in [0.4, 0.5) is 0 Å². The van der Waals surface area contributed by atoms with Crippen molar-refractivity contribution in [1.82, 2.24) is 5.32 Å². The Balaban J connectivity index is 2.21. The average Bonchev–Trinajstić information content (AvgIpc) is 2.60. The number of halogens is 2. The third kappa shape index (κ3) is 3.45. The first-order chi connectivity index (χ1) is 13.2. The molecule has 1 fully saturated rings. The Hall–Kier alpha value is -2.22. The molecule has 148 valence electrons. The first-order valence-electron chi connectivity index (χ1n) is 8.68. The average molecular weight is 424 g/mol. The largest absolute Gasteiger partial charge is 0.291 e. The van der Waals surface area contributed by atoms with Gasteiger partial charge in [-0.1, -0.05) is 59.6 Å². The number of nitro groups is 2. The van der Waals surface area contributed by atoms with Crippen LogP contribution in [0.15, 0.2) is 48.5 Å². The zero-order valence-electron chi connectivity index (χ0n) is 15.2. The molecular formula is C19H19Cl2N3O4. The van der Waals surface area contributed by atoms with Gasteiger partial charge in [-0.2, -0.15) is 0 Å². The van der Waals surface area contributed by atoms with Crippen LogP contribution in [0.1, 0.15) is 37.1 Å². The van der Waals surface area contributed by atoms with Gasteiger partial charge in [-0.15, -0.1) is 0 Å². The summed E-state index contributed by atoms with van der Waals surface area (Å²) in [7, 11) is 0. The lowest BCUT2D eigenvalue weighted by Gasteiger charge is -2.44. The molecule has 1 aliphatic heterocycles. The van der Waals surface area contributed by atoms with Crippen LogP contribution < -0.4 is 5.32 Å². The van der Waals surface area contributed by atoms with Crippen LogP contribution in [0.5, 0.6) is 0 Å². The Bertz CT molecular complexity index is 850. The maximum absolute atomic E-state index is 12.0. The maximum Gasteiger partial charge on any atom is 0.244 e. The van der Waals surface area contributed by atoms with Crippen molar-refractivity contribution in [2.75, 3.05) is 0 Å². The third-order valence-electron chi connectivity index (χ3n) is 5.45. The Morgan fingerprint density at radius 2 is 1.18 bits per heavy atom. The summed E-state index contributed by atoms with van der Waals surface area (Å²) in [6, 6.07) is 9.44. The van der Waals surface area contributed by atoms with Crippen LogP contribution in [0, 0.1) is 25.6 Å². The maximum atomic E-state index is 12.0.